The molecular weight excluding hydrogens is 541 g/mol. The third-order valence-electron chi connectivity index (χ3n) is 5.66. The van der Waals surface area contributed by atoms with Gasteiger partial charge in [-0.1, -0.05) is 78.7 Å². The molecule has 0 amide bonds. The Morgan fingerprint density at radius 2 is 1.42 bits per heavy atom. The first-order valence-corrected chi connectivity index (χ1v) is 11.3. The molecule has 5 aromatic carbocycles. The Labute approximate surface area is 229 Å². The summed E-state index contributed by atoms with van der Waals surface area (Å²) in [7, 11) is 0.754. The summed E-state index contributed by atoms with van der Waals surface area (Å²) >= 11 is 0. The van der Waals surface area contributed by atoms with Gasteiger partial charge < -0.3 is 24.8 Å². The van der Waals surface area contributed by atoms with Gasteiger partial charge in [-0.15, -0.1) is 60.1 Å². The third-order valence-corrected chi connectivity index (χ3v) is 7.19. The zero-order chi connectivity index (χ0) is 20.3. The summed E-state index contributed by atoms with van der Waals surface area (Å²) in [6, 6.07) is 39.8. The van der Waals surface area contributed by atoms with Crippen molar-refractivity contribution in [3.8, 4) is 11.1 Å². The normalized spacial score (nSPS) is 10.8. The second kappa shape index (κ2) is 12.7. The molecule has 0 bridgehead atoms. The molecule has 1 atom stereocenters. The van der Waals surface area contributed by atoms with Gasteiger partial charge in [0.25, 0.3) is 0 Å². The number of fused-ring (bicyclic) bond motifs is 4. The zero-order valence-electron chi connectivity index (χ0n) is 18.3. The first-order chi connectivity index (χ1) is 14.8. The van der Waals surface area contributed by atoms with Crippen LogP contribution in [0.1, 0.15) is 16.7 Å². The van der Waals surface area contributed by atoms with Crippen LogP contribution in [0.4, 0.5) is 0 Å². The molecule has 0 aliphatic heterocycles. The summed E-state index contributed by atoms with van der Waals surface area (Å²) in [5.41, 5.74) is 6.92. The van der Waals surface area contributed by atoms with Crippen molar-refractivity contribution in [3.63, 3.8) is 0 Å². The second-order valence-corrected chi connectivity index (χ2v) is 9.00. The SMILES string of the molecule is Cc1[cH-]c2ccccc2c1Pc1ccccc1.[Cl-].[Cl-].[Zr+4].[c-]1cccc2c1Cc1ccccc1-2. The number of benzene rings is 4. The summed E-state index contributed by atoms with van der Waals surface area (Å²) in [6.07, 6.45) is 1.05. The molecule has 0 spiro atoms. The Kier molecular flexibility index (Phi) is 10.7. The van der Waals surface area contributed by atoms with E-state index in [1.807, 2.05) is 6.07 Å². The van der Waals surface area contributed by atoms with Gasteiger partial charge in [0, 0.05) is 0 Å². The Morgan fingerprint density at radius 3 is 2.24 bits per heavy atom. The van der Waals surface area contributed by atoms with Crippen LogP contribution in [0.2, 0.25) is 0 Å². The average molecular weight is 565 g/mol. The van der Waals surface area contributed by atoms with Crippen molar-refractivity contribution < 1.29 is 51.0 Å². The Hall–Kier alpha value is -1.62. The van der Waals surface area contributed by atoms with Crippen LogP contribution in [0, 0.1) is 13.0 Å². The molecule has 5 aromatic rings. The average Bonchev–Trinajstić information content (AvgIpc) is 3.32. The predicted molar refractivity (Wildman–Crippen MR) is 132 cm³/mol. The van der Waals surface area contributed by atoms with Gasteiger partial charge in [-0.2, -0.15) is 29.8 Å². The van der Waals surface area contributed by atoms with Crippen LogP contribution in [0.25, 0.3) is 21.9 Å². The molecular formula is C29H23Cl2PZr. The molecule has 33 heavy (non-hydrogen) atoms. The molecule has 0 aromatic heterocycles. The van der Waals surface area contributed by atoms with Gasteiger partial charge in [0.15, 0.2) is 0 Å². The van der Waals surface area contributed by atoms with E-state index in [1.165, 1.54) is 49.2 Å². The van der Waals surface area contributed by atoms with Gasteiger partial charge in [0.05, 0.1) is 0 Å². The molecule has 0 N–H and O–H groups in total. The molecule has 0 radical (unpaired) electrons. The van der Waals surface area contributed by atoms with Crippen molar-refractivity contribution in [2.45, 2.75) is 13.3 Å². The maximum Gasteiger partial charge on any atom is 4.00 e. The third kappa shape index (κ3) is 6.09. The summed E-state index contributed by atoms with van der Waals surface area (Å²) in [4.78, 5) is 0. The van der Waals surface area contributed by atoms with E-state index in [4.69, 9.17) is 0 Å². The molecule has 0 heterocycles. The number of halogens is 2. The molecule has 1 aliphatic rings. The standard InChI is InChI=1S/C16H14P.C13H9.2ClH.Zr/c1-12-11-13-7-5-6-10-15(13)16(12)17-14-8-3-2-4-9-14;1-3-7-12-10(5-1)9-11-6-2-4-8-13(11)12;;;/h2-11,17H,1H3;1-5,7-8H,9H2;2*1H;/q2*-1;;;+4/p-2. The Morgan fingerprint density at radius 1 is 0.758 bits per heavy atom. The van der Waals surface area contributed by atoms with E-state index in [9.17, 15) is 0 Å². The van der Waals surface area contributed by atoms with Crippen molar-refractivity contribution in [3.05, 3.63) is 126 Å². The van der Waals surface area contributed by atoms with Crippen LogP contribution in [-0.4, -0.2) is 0 Å². The number of aryl methyl sites for hydroxylation is 1. The topological polar surface area (TPSA) is 0 Å². The summed E-state index contributed by atoms with van der Waals surface area (Å²) in [6.45, 7) is 2.21. The van der Waals surface area contributed by atoms with Crippen molar-refractivity contribution in [1.29, 1.82) is 0 Å². The minimum Gasteiger partial charge on any atom is -1.00 e. The fraction of sp³-hybridized carbons (Fsp3) is 0.0690. The summed E-state index contributed by atoms with van der Waals surface area (Å²) in [5.74, 6) is 0. The Balaban J connectivity index is 0.000000220. The Bertz CT molecular complexity index is 1270. The van der Waals surface area contributed by atoms with Crippen molar-refractivity contribution >= 4 is 30.0 Å². The summed E-state index contributed by atoms with van der Waals surface area (Å²) < 4.78 is 0. The first-order valence-electron chi connectivity index (χ1n) is 10.3. The predicted octanol–water partition coefficient (Wildman–Crippen LogP) is 0.560. The molecule has 0 nitrogen and oxygen atoms in total. The molecule has 6 rings (SSSR count). The fourth-order valence-corrected chi connectivity index (χ4v) is 5.48. The largest absolute Gasteiger partial charge is 4.00 e. The van der Waals surface area contributed by atoms with Crippen molar-refractivity contribution in [2.24, 2.45) is 0 Å². The van der Waals surface area contributed by atoms with Crippen molar-refractivity contribution in [1.82, 2.24) is 0 Å². The fourth-order valence-electron chi connectivity index (χ4n) is 4.20. The molecule has 0 fully saturated rings. The van der Waals surface area contributed by atoms with Crippen LogP contribution in [0.5, 0.6) is 0 Å². The van der Waals surface area contributed by atoms with Gasteiger partial charge >= 0.3 is 26.2 Å². The number of hydrogen-bond donors (Lipinski definition) is 0. The van der Waals surface area contributed by atoms with Gasteiger partial charge in [0.2, 0.25) is 0 Å². The van der Waals surface area contributed by atoms with Gasteiger partial charge in [-0.05, 0) is 11.7 Å². The van der Waals surface area contributed by atoms with Crippen molar-refractivity contribution in [2.75, 3.05) is 0 Å². The van der Waals surface area contributed by atoms with E-state index in [1.54, 1.807) is 0 Å². The van der Waals surface area contributed by atoms with Crippen LogP contribution in [0.15, 0.2) is 103 Å². The zero-order valence-corrected chi connectivity index (χ0v) is 23.2. The number of rotatable bonds is 2. The van der Waals surface area contributed by atoms with Crippen LogP contribution < -0.4 is 35.4 Å². The molecule has 162 valence electrons. The first kappa shape index (κ1) is 27.6. The minimum absolute atomic E-state index is 0. The number of hydrogen-bond acceptors (Lipinski definition) is 0. The maximum atomic E-state index is 3.30. The molecule has 0 saturated heterocycles. The molecule has 1 aliphatic carbocycles. The molecule has 4 heteroatoms. The van der Waals surface area contributed by atoms with E-state index in [2.05, 4.69) is 110 Å². The van der Waals surface area contributed by atoms with Crippen LogP contribution in [0.3, 0.4) is 0 Å². The van der Waals surface area contributed by atoms with E-state index >= 15 is 0 Å². The maximum absolute atomic E-state index is 3.30. The minimum atomic E-state index is 0. The van der Waals surface area contributed by atoms with Crippen LogP contribution in [-0.2, 0) is 32.6 Å². The monoisotopic (exact) mass is 562 g/mol. The van der Waals surface area contributed by atoms with Crippen LogP contribution >= 0.6 is 8.58 Å². The quantitative estimate of drug-likeness (QED) is 0.213. The van der Waals surface area contributed by atoms with Gasteiger partial charge in [-0.25, -0.2) is 0 Å². The van der Waals surface area contributed by atoms with E-state index in [0.717, 1.165) is 15.0 Å². The van der Waals surface area contributed by atoms with E-state index < -0.39 is 0 Å². The van der Waals surface area contributed by atoms with E-state index in [0.29, 0.717) is 0 Å². The molecule has 0 saturated carbocycles. The molecule has 1 unspecified atom stereocenters. The summed E-state index contributed by atoms with van der Waals surface area (Å²) in [5, 5.41) is 5.68. The van der Waals surface area contributed by atoms with Gasteiger partial charge in [0.1, 0.15) is 0 Å². The second-order valence-electron chi connectivity index (χ2n) is 7.68. The van der Waals surface area contributed by atoms with Gasteiger partial charge in [-0.3, -0.25) is 0 Å². The smallest absolute Gasteiger partial charge is 1.00 e. The van der Waals surface area contributed by atoms with E-state index in [-0.39, 0.29) is 51.0 Å².